The Hall–Kier alpha value is -1.62. The van der Waals surface area contributed by atoms with E-state index >= 15 is 0 Å². The highest BCUT2D eigenvalue weighted by molar-refractivity contribution is 5.75. The average Bonchev–Trinajstić information content (AvgIpc) is 2.48. The Morgan fingerprint density at radius 3 is 3.05 bits per heavy atom. The molecule has 2 rings (SSSR count). The Morgan fingerprint density at radius 2 is 2.29 bits per heavy atom. The topological polar surface area (TPSA) is 38.8 Å². The number of esters is 1. The summed E-state index contributed by atoms with van der Waals surface area (Å²) in [6.07, 6.45) is 2.96. The SMILES string of the molecule is CCOC(=O)C1CCCCN1CCOc1cccc(F)c1. The summed E-state index contributed by atoms with van der Waals surface area (Å²) in [5.74, 6) is 0.0533. The number of hydrogen-bond donors (Lipinski definition) is 0. The van der Waals surface area contributed by atoms with Crippen LogP contribution in [0.15, 0.2) is 24.3 Å². The summed E-state index contributed by atoms with van der Waals surface area (Å²) in [6.45, 7) is 4.16. The predicted molar refractivity (Wildman–Crippen MR) is 77.7 cm³/mol. The summed E-state index contributed by atoms with van der Waals surface area (Å²) >= 11 is 0. The fourth-order valence-corrected chi connectivity index (χ4v) is 2.60. The predicted octanol–water partition coefficient (Wildman–Crippen LogP) is 2.62. The lowest BCUT2D eigenvalue weighted by Crippen LogP contribution is -2.47. The average molecular weight is 295 g/mol. The molecule has 1 aromatic rings. The van der Waals surface area contributed by atoms with Gasteiger partial charge in [-0.1, -0.05) is 12.5 Å². The van der Waals surface area contributed by atoms with Crippen molar-refractivity contribution in [3.8, 4) is 5.75 Å². The van der Waals surface area contributed by atoms with Crippen molar-refractivity contribution in [3.63, 3.8) is 0 Å². The van der Waals surface area contributed by atoms with Crippen LogP contribution in [0.2, 0.25) is 0 Å². The molecule has 0 amide bonds. The maximum Gasteiger partial charge on any atom is 0.323 e. The standard InChI is InChI=1S/C16H22FNO3/c1-2-20-16(19)15-8-3-4-9-18(15)10-11-21-14-7-5-6-13(17)12-14/h5-7,12,15H,2-4,8-11H2,1H3. The first kappa shape index (κ1) is 15.8. The van der Waals surface area contributed by atoms with Gasteiger partial charge in [-0.25, -0.2) is 4.39 Å². The maximum absolute atomic E-state index is 13.1. The third-order valence-electron chi connectivity index (χ3n) is 3.62. The molecule has 0 bridgehead atoms. The molecule has 0 radical (unpaired) electrons. The minimum Gasteiger partial charge on any atom is -0.492 e. The lowest BCUT2D eigenvalue weighted by Gasteiger charge is -2.33. The molecule has 1 unspecified atom stereocenters. The van der Waals surface area contributed by atoms with E-state index in [0.29, 0.717) is 25.5 Å². The van der Waals surface area contributed by atoms with Crippen LogP contribution in [0.3, 0.4) is 0 Å². The molecule has 116 valence electrons. The van der Waals surface area contributed by atoms with Gasteiger partial charge in [0, 0.05) is 12.6 Å². The highest BCUT2D eigenvalue weighted by atomic mass is 19.1. The monoisotopic (exact) mass is 295 g/mol. The molecule has 1 atom stereocenters. The molecule has 0 aliphatic carbocycles. The van der Waals surface area contributed by atoms with Crippen molar-refractivity contribution in [2.75, 3.05) is 26.3 Å². The Morgan fingerprint density at radius 1 is 1.43 bits per heavy atom. The minimum atomic E-state index is -0.310. The number of nitrogens with zero attached hydrogens (tertiary/aromatic N) is 1. The normalized spacial score (nSPS) is 19.2. The molecular weight excluding hydrogens is 273 g/mol. The van der Waals surface area contributed by atoms with E-state index in [1.54, 1.807) is 12.1 Å². The van der Waals surface area contributed by atoms with Crippen LogP contribution >= 0.6 is 0 Å². The third-order valence-corrected chi connectivity index (χ3v) is 3.62. The van der Waals surface area contributed by atoms with Crippen LogP contribution < -0.4 is 4.74 Å². The molecule has 21 heavy (non-hydrogen) atoms. The number of ether oxygens (including phenoxy) is 2. The first-order valence-electron chi connectivity index (χ1n) is 7.49. The molecule has 1 aliphatic rings. The Bertz CT molecular complexity index is 467. The highest BCUT2D eigenvalue weighted by Gasteiger charge is 2.29. The lowest BCUT2D eigenvalue weighted by molar-refractivity contribution is -0.151. The second-order valence-corrected chi connectivity index (χ2v) is 5.11. The van der Waals surface area contributed by atoms with Gasteiger partial charge < -0.3 is 9.47 Å². The molecule has 4 nitrogen and oxygen atoms in total. The van der Waals surface area contributed by atoms with Crippen molar-refractivity contribution < 1.29 is 18.7 Å². The fraction of sp³-hybridized carbons (Fsp3) is 0.562. The van der Waals surface area contributed by atoms with Gasteiger partial charge in [-0.3, -0.25) is 9.69 Å². The quantitative estimate of drug-likeness (QED) is 0.756. The van der Waals surface area contributed by atoms with Crippen molar-refractivity contribution in [1.82, 2.24) is 4.90 Å². The van der Waals surface area contributed by atoms with Gasteiger partial charge in [-0.05, 0) is 38.4 Å². The van der Waals surface area contributed by atoms with Gasteiger partial charge in [0.25, 0.3) is 0 Å². The van der Waals surface area contributed by atoms with Crippen LogP contribution in [-0.4, -0.2) is 43.2 Å². The van der Waals surface area contributed by atoms with Gasteiger partial charge in [-0.2, -0.15) is 0 Å². The number of hydrogen-bond acceptors (Lipinski definition) is 4. The number of piperidine rings is 1. The third kappa shape index (κ3) is 4.70. The largest absolute Gasteiger partial charge is 0.492 e. The van der Waals surface area contributed by atoms with Crippen molar-refractivity contribution in [1.29, 1.82) is 0 Å². The zero-order chi connectivity index (χ0) is 15.1. The van der Waals surface area contributed by atoms with Crippen LogP contribution in [0.25, 0.3) is 0 Å². The lowest BCUT2D eigenvalue weighted by atomic mass is 10.0. The molecule has 1 saturated heterocycles. The molecule has 1 aliphatic heterocycles. The number of carbonyl (C=O) groups excluding carboxylic acids is 1. The zero-order valence-corrected chi connectivity index (χ0v) is 12.4. The first-order chi connectivity index (χ1) is 10.2. The Balaban J connectivity index is 1.83. The molecule has 1 aromatic carbocycles. The van der Waals surface area contributed by atoms with E-state index < -0.39 is 0 Å². The van der Waals surface area contributed by atoms with E-state index in [-0.39, 0.29) is 17.8 Å². The molecule has 0 N–H and O–H groups in total. The smallest absolute Gasteiger partial charge is 0.323 e. The summed E-state index contributed by atoms with van der Waals surface area (Å²) < 4.78 is 23.7. The molecule has 0 spiro atoms. The highest BCUT2D eigenvalue weighted by Crippen LogP contribution is 2.18. The van der Waals surface area contributed by atoms with E-state index in [9.17, 15) is 9.18 Å². The van der Waals surface area contributed by atoms with Gasteiger partial charge >= 0.3 is 5.97 Å². The summed E-state index contributed by atoms with van der Waals surface area (Å²) in [5.41, 5.74) is 0. The van der Waals surface area contributed by atoms with Crippen LogP contribution in [0.4, 0.5) is 4.39 Å². The van der Waals surface area contributed by atoms with E-state index in [2.05, 4.69) is 4.90 Å². The zero-order valence-electron chi connectivity index (χ0n) is 12.4. The summed E-state index contributed by atoms with van der Waals surface area (Å²) in [4.78, 5) is 14.0. The van der Waals surface area contributed by atoms with Crippen LogP contribution in [0.5, 0.6) is 5.75 Å². The maximum atomic E-state index is 13.1. The summed E-state index contributed by atoms with van der Waals surface area (Å²) in [7, 11) is 0. The number of halogens is 1. The van der Waals surface area contributed by atoms with E-state index in [1.165, 1.54) is 12.1 Å². The Kier molecular flexibility index (Phi) is 5.99. The molecule has 1 heterocycles. The number of rotatable bonds is 6. The van der Waals surface area contributed by atoms with Gasteiger partial charge in [0.15, 0.2) is 0 Å². The van der Waals surface area contributed by atoms with Crippen molar-refractivity contribution >= 4 is 5.97 Å². The molecule has 0 aromatic heterocycles. The molecule has 5 heteroatoms. The van der Waals surface area contributed by atoms with E-state index in [0.717, 1.165) is 25.8 Å². The van der Waals surface area contributed by atoms with E-state index in [4.69, 9.17) is 9.47 Å². The Labute approximate surface area is 124 Å². The van der Waals surface area contributed by atoms with Crippen LogP contribution in [0, 0.1) is 5.82 Å². The summed E-state index contributed by atoms with van der Waals surface area (Å²) in [6, 6.07) is 5.91. The van der Waals surface area contributed by atoms with Crippen molar-refractivity contribution in [3.05, 3.63) is 30.1 Å². The fourth-order valence-electron chi connectivity index (χ4n) is 2.60. The molecule has 1 fully saturated rings. The second kappa shape index (κ2) is 7.98. The van der Waals surface area contributed by atoms with Gasteiger partial charge in [0.05, 0.1) is 6.61 Å². The van der Waals surface area contributed by atoms with Crippen LogP contribution in [-0.2, 0) is 9.53 Å². The van der Waals surface area contributed by atoms with E-state index in [1.807, 2.05) is 6.92 Å². The van der Waals surface area contributed by atoms with Crippen molar-refractivity contribution in [2.45, 2.75) is 32.2 Å². The van der Waals surface area contributed by atoms with Crippen LogP contribution in [0.1, 0.15) is 26.2 Å². The molecule has 0 saturated carbocycles. The van der Waals surface area contributed by atoms with Crippen molar-refractivity contribution in [2.24, 2.45) is 0 Å². The summed E-state index contributed by atoms with van der Waals surface area (Å²) in [5, 5.41) is 0. The van der Waals surface area contributed by atoms with Gasteiger partial charge in [-0.15, -0.1) is 0 Å². The number of likely N-dealkylation sites (tertiary alicyclic amines) is 1. The first-order valence-corrected chi connectivity index (χ1v) is 7.49. The number of benzene rings is 1. The second-order valence-electron chi connectivity index (χ2n) is 5.11. The van der Waals surface area contributed by atoms with Gasteiger partial charge in [0.1, 0.15) is 24.2 Å². The number of carbonyl (C=O) groups is 1. The molecular formula is C16H22FNO3. The minimum absolute atomic E-state index is 0.150. The van der Waals surface area contributed by atoms with Gasteiger partial charge in [0.2, 0.25) is 0 Å².